The van der Waals surface area contributed by atoms with Gasteiger partial charge in [-0.15, -0.1) is 0 Å². The fraction of sp³-hybridized carbons (Fsp3) is 0.0345. The number of aromatic nitrogens is 5. The summed E-state index contributed by atoms with van der Waals surface area (Å²) in [7, 11) is 0. The molecule has 6 rings (SSSR count). The number of nitrogens with zero attached hydrogens (tertiary/aromatic N) is 5. The Bertz CT molecular complexity index is 1960. The topological polar surface area (TPSA) is 144 Å². The normalized spacial score (nSPS) is 12.0. The molecule has 0 fully saturated rings. The van der Waals surface area contributed by atoms with Crippen LogP contribution in [0.25, 0.3) is 44.9 Å². The molecule has 0 saturated heterocycles. The molecule has 0 aliphatic carbocycles. The Hall–Kier alpha value is -4.68. The van der Waals surface area contributed by atoms with E-state index in [1.807, 2.05) is 36.4 Å². The van der Waals surface area contributed by atoms with Gasteiger partial charge in [-0.25, -0.2) is 19.4 Å². The maximum atomic E-state index is 14.0. The van der Waals surface area contributed by atoms with Gasteiger partial charge in [0.1, 0.15) is 17.0 Å². The molecule has 6 aromatic rings. The van der Waals surface area contributed by atoms with Crippen LogP contribution in [0.2, 0.25) is 5.02 Å². The summed E-state index contributed by atoms with van der Waals surface area (Å²) < 4.78 is 27.4. The Labute approximate surface area is 241 Å². The molecule has 0 saturated carbocycles. The third kappa shape index (κ3) is 5.39. The largest absolute Gasteiger partial charge is 0.760 e. The van der Waals surface area contributed by atoms with E-state index in [2.05, 4.69) is 14.8 Å². The summed E-state index contributed by atoms with van der Waals surface area (Å²) >= 11 is 3.74. The first-order valence-electron chi connectivity index (χ1n) is 12.4. The first-order valence-corrected chi connectivity index (χ1v) is 13.8. The number of nitrogens with two attached hydrogens (primary N) is 1. The summed E-state index contributed by atoms with van der Waals surface area (Å²) in [6.07, 6.45) is 3.19. The van der Waals surface area contributed by atoms with E-state index in [9.17, 15) is 13.6 Å². The maximum absolute atomic E-state index is 14.0. The smallest absolute Gasteiger partial charge is 0.269 e. The molecule has 0 aliphatic rings. The zero-order valence-corrected chi connectivity index (χ0v) is 22.8. The van der Waals surface area contributed by atoms with Crippen molar-refractivity contribution in [3.63, 3.8) is 0 Å². The Morgan fingerprint density at radius 3 is 2.34 bits per heavy atom. The van der Waals surface area contributed by atoms with Crippen LogP contribution in [0.5, 0.6) is 0 Å². The molecule has 3 N–H and O–H groups in total. The van der Waals surface area contributed by atoms with Crippen molar-refractivity contribution >= 4 is 39.7 Å². The molecule has 1 unspecified atom stereocenters. The number of halogens is 1. The number of fused-ring (bicyclic) bond motifs is 1. The van der Waals surface area contributed by atoms with Crippen molar-refractivity contribution in [1.82, 2.24) is 29.0 Å². The van der Waals surface area contributed by atoms with Crippen molar-refractivity contribution in [3.8, 4) is 33.9 Å². The van der Waals surface area contributed by atoms with Crippen molar-refractivity contribution in [2.24, 2.45) is 0 Å². The van der Waals surface area contributed by atoms with Crippen molar-refractivity contribution in [2.75, 3.05) is 5.73 Å². The number of hydrogen-bond acceptors (Lipinski definition) is 7. The minimum absolute atomic E-state index is 0.112. The minimum Gasteiger partial charge on any atom is -0.760 e. The number of benzene rings is 3. The fourth-order valence-electron chi connectivity index (χ4n) is 4.51. The number of hydrogen-bond donors (Lipinski definition) is 2. The van der Waals surface area contributed by atoms with Gasteiger partial charge in [0.05, 0.1) is 17.6 Å². The highest BCUT2D eigenvalue weighted by Gasteiger charge is 2.19. The second-order valence-electron chi connectivity index (χ2n) is 9.12. The predicted octanol–water partition coefficient (Wildman–Crippen LogP) is 4.42. The lowest BCUT2D eigenvalue weighted by atomic mass is 10.0. The fourth-order valence-corrected chi connectivity index (χ4v) is 4.92. The highest BCUT2D eigenvalue weighted by Crippen LogP contribution is 2.27. The van der Waals surface area contributed by atoms with Crippen molar-refractivity contribution in [3.05, 3.63) is 118 Å². The van der Waals surface area contributed by atoms with Gasteiger partial charge >= 0.3 is 0 Å². The second-order valence-corrected chi connectivity index (χ2v) is 10.3. The molecule has 41 heavy (non-hydrogen) atoms. The van der Waals surface area contributed by atoms with E-state index in [1.54, 1.807) is 59.4 Å². The monoisotopic (exact) mass is 582 g/mol. The SMILES string of the molecule is Nc1ccc(-c2ccc(-c3nc4c(cnn4-c4cccc(CNS(=O)[O-])c4)c(=O)n3-c3ccc(Cl)cc3)cc2)cn1. The van der Waals surface area contributed by atoms with Crippen LogP contribution in [-0.4, -0.2) is 33.1 Å². The third-order valence-corrected chi connectivity index (χ3v) is 7.13. The molecule has 12 heteroatoms. The highest BCUT2D eigenvalue weighted by molar-refractivity contribution is 7.77. The van der Waals surface area contributed by atoms with Crippen LogP contribution in [0.4, 0.5) is 5.82 Å². The van der Waals surface area contributed by atoms with E-state index in [4.69, 9.17) is 22.3 Å². The van der Waals surface area contributed by atoms with Gasteiger partial charge in [0.15, 0.2) is 5.65 Å². The summed E-state index contributed by atoms with van der Waals surface area (Å²) in [6.45, 7) is 0.112. The number of nitrogens with one attached hydrogen (secondary N) is 1. The molecule has 0 amide bonds. The zero-order valence-electron chi connectivity index (χ0n) is 21.3. The van der Waals surface area contributed by atoms with Crippen LogP contribution in [-0.2, 0) is 17.8 Å². The summed E-state index contributed by atoms with van der Waals surface area (Å²) in [5.41, 5.74) is 10.3. The molecule has 3 aromatic heterocycles. The predicted molar refractivity (Wildman–Crippen MR) is 158 cm³/mol. The lowest BCUT2D eigenvalue weighted by Crippen LogP contribution is -2.22. The first kappa shape index (κ1) is 26.5. The summed E-state index contributed by atoms with van der Waals surface area (Å²) in [6, 6.07) is 25.4. The van der Waals surface area contributed by atoms with E-state index < -0.39 is 11.3 Å². The van der Waals surface area contributed by atoms with Gasteiger partial charge in [0.2, 0.25) is 0 Å². The van der Waals surface area contributed by atoms with E-state index in [-0.39, 0.29) is 12.1 Å². The number of anilines is 1. The summed E-state index contributed by atoms with van der Waals surface area (Å²) in [5, 5.41) is 5.33. The number of nitrogen functional groups attached to an aromatic ring is 1. The van der Waals surface area contributed by atoms with E-state index in [0.29, 0.717) is 44.6 Å². The van der Waals surface area contributed by atoms with Gasteiger partial charge in [0, 0.05) is 40.2 Å². The molecule has 204 valence electrons. The molecule has 0 spiro atoms. The Morgan fingerprint density at radius 2 is 1.63 bits per heavy atom. The molecular weight excluding hydrogens is 562 g/mol. The molecule has 0 radical (unpaired) electrons. The molecule has 3 heterocycles. The van der Waals surface area contributed by atoms with Crippen LogP contribution < -0.4 is 16.0 Å². The molecular formula is C29H21ClN7O3S-. The average Bonchev–Trinajstić information content (AvgIpc) is 3.42. The van der Waals surface area contributed by atoms with Crippen molar-refractivity contribution in [1.29, 1.82) is 0 Å². The maximum Gasteiger partial charge on any atom is 0.269 e. The lowest BCUT2D eigenvalue weighted by molar-refractivity contribution is 0.522. The zero-order chi connectivity index (χ0) is 28.5. The highest BCUT2D eigenvalue weighted by atomic mass is 35.5. The van der Waals surface area contributed by atoms with E-state index in [1.165, 1.54) is 10.8 Å². The third-order valence-electron chi connectivity index (χ3n) is 6.50. The van der Waals surface area contributed by atoms with Crippen LogP contribution in [0, 0.1) is 0 Å². The number of pyridine rings is 1. The summed E-state index contributed by atoms with van der Waals surface area (Å²) in [5.74, 6) is 0.849. The second kappa shape index (κ2) is 11.1. The van der Waals surface area contributed by atoms with Gasteiger partial charge in [-0.1, -0.05) is 48.0 Å². The van der Waals surface area contributed by atoms with Crippen LogP contribution >= 0.6 is 11.6 Å². The minimum atomic E-state index is -2.39. The molecule has 0 bridgehead atoms. The standard InChI is InChI=1S/C29H22ClN7O3S/c30-22-9-11-23(12-10-22)36-27(20-6-4-19(5-7-20)21-8-13-26(31)32-16-21)35-28-25(29(36)38)17-33-37(28)24-3-1-2-18(14-24)15-34-41(39)40/h1-14,16-17,34H,15H2,(H2,31,32)(H,39,40)/p-1. The first-order chi connectivity index (χ1) is 19.9. The van der Waals surface area contributed by atoms with Crippen LogP contribution in [0.15, 0.2) is 102 Å². The quantitative estimate of drug-likeness (QED) is 0.265. The Kier molecular flexibility index (Phi) is 7.16. The molecule has 3 aromatic carbocycles. The van der Waals surface area contributed by atoms with Crippen LogP contribution in [0.3, 0.4) is 0 Å². The van der Waals surface area contributed by atoms with Crippen molar-refractivity contribution < 1.29 is 8.76 Å². The van der Waals surface area contributed by atoms with Gasteiger partial charge in [-0.05, 0) is 59.7 Å². The molecule has 10 nitrogen and oxygen atoms in total. The van der Waals surface area contributed by atoms with Gasteiger partial charge in [0.25, 0.3) is 5.56 Å². The lowest BCUT2D eigenvalue weighted by Gasteiger charge is -2.14. The van der Waals surface area contributed by atoms with Crippen molar-refractivity contribution in [2.45, 2.75) is 6.54 Å². The van der Waals surface area contributed by atoms with Gasteiger partial charge in [-0.2, -0.15) is 5.10 Å². The Balaban J connectivity index is 1.51. The number of rotatable bonds is 7. The van der Waals surface area contributed by atoms with E-state index in [0.717, 1.165) is 16.7 Å². The van der Waals surface area contributed by atoms with E-state index >= 15 is 0 Å². The van der Waals surface area contributed by atoms with Crippen LogP contribution in [0.1, 0.15) is 5.56 Å². The molecule has 1 atom stereocenters. The summed E-state index contributed by atoms with van der Waals surface area (Å²) in [4.78, 5) is 23.1. The average molecular weight is 583 g/mol. The Morgan fingerprint density at radius 1 is 0.902 bits per heavy atom. The molecule has 0 aliphatic heterocycles. The van der Waals surface area contributed by atoms with Gasteiger partial charge < -0.3 is 10.3 Å². The van der Waals surface area contributed by atoms with Gasteiger partial charge in [-0.3, -0.25) is 13.6 Å².